The van der Waals surface area contributed by atoms with Crippen molar-refractivity contribution in [2.75, 3.05) is 0 Å². The van der Waals surface area contributed by atoms with E-state index < -0.39 is 0 Å². The second-order valence-electron chi connectivity index (χ2n) is 9.48. The summed E-state index contributed by atoms with van der Waals surface area (Å²) >= 11 is 0. The van der Waals surface area contributed by atoms with Crippen molar-refractivity contribution in [1.29, 1.82) is 0 Å². The van der Waals surface area contributed by atoms with Crippen LogP contribution in [0.5, 0.6) is 0 Å². The molecule has 1 aliphatic rings. The molecule has 1 N–H and O–H groups in total. The number of aliphatic hydroxyl groups is 1. The number of pyridine rings is 1. The molecule has 0 spiro atoms. The quantitative estimate of drug-likeness (QED) is 0.180. The maximum atomic E-state index is 10.0. The van der Waals surface area contributed by atoms with Crippen molar-refractivity contribution in [1.82, 2.24) is 4.98 Å². The van der Waals surface area contributed by atoms with Gasteiger partial charge in [-0.3, -0.25) is 4.79 Å². The molecule has 0 bridgehead atoms. The van der Waals surface area contributed by atoms with E-state index >= 15 is 0 Å². The van der Waals surface area contributed by atoms with E-state index in [9.17, 15) is 4.79 Å². The van der Waals surface area contributed by atoms with Crippen molar-refractivity contribution >= 4 is 16.6 Å². The van der Waals surface area contributed by atoms with E-state index in [0.717, 1.165) is 17.2 Å². The van der Waals surface area contributed by atoms with Crippen molar-refractivity contribution < 1.29 is 30.0 Å². The fraction of sp³-hybridized carbons (Fsp3) is 0.400. The molecule has 4 rings (SSSR count). The normalized spacial score (nSPS) is 15.1. The van der Waals surface area contributed by atoms with Crippen molar-refractivity contribution in [2.45, 2.75) is 72.6 Å². The third-order valence-corrected chi connectivity index (χ3v) is 6.49. The number of aromatic nitrogens is 1. The smallest absolute Gasteiger partial charge is 0.155 e. The largest absolute Gasteiger partial charge is 0.512 e. The average molecular weight is 635 g/mol. The molecule has 0 amide bonds. The van der Waals surface area contributed by atoms with Crippen molar-refractivity contribution in [3.63, 3.8) is 0 Å². The van der Waals surface area contributed by atoms with E-state index in [1.54, 1.807) is 0 Å². The van der Waals surface area contributed by atoms with Gasteiger partial charge in [-0.2, -0.15) is 0 Å². The van der Waals surface area contributed by atoms with Gasteiger partial charge in [0.1, 0.15) is 0 Å². The van der Waals surface area contributed by atoms with Gasteiger partial charge in [0.25, 0.3) is 0 Å². The van der Waals surface area contributed by atoms with Gasteiger partial charge in [0.2, 0.25) is 0 Å². The Bertz CT molecular complexity index is 1120. The van der Waals surface area contributed by atoms with Crippen LogP contribution < -0.4 is 0 Å². The van der Waals surface area contributed by atoms with Crippen LogP contribution in [0.4, 0.5) is 0 Å². The molecule has 0 aliphatic heterocycles. The molecule has 1 atom stereocenters. The number of nitrogens with zero attached hydrogens (tertiary/aromatic N) is 1. The maximum Gasteiger partial charge on any atom is 0.155 e. The van der Waals surface area contributed by atoms with Gasteiger partial charge in [-0.05, 0) is 66.6 Å². The Balaban J connectivity index is 0.000000449. The summed E-state index contributed by atoms with van der Waals surface area (Å²) in [5, 5.41) is 10.9. The number of ketones is 1. The SMILES string of the molecule is CC(=O)C=C(C)O.Cc1[c-]c(-c2nccc3cc(C(C)C4CCCCC4)ccc23)cc(C)c1.[Ir]. The Morgan fingerprint density at radius 1 is 1.09 bits per heavy atom. The minimum absolute atomic E-state index is 0. The predicted octanol–water partition coefficient (Wildman–Crippen LogP) is 8.04. The number of allylic oxidation sites excluding steroid dienone is 2. The topological polar surface area (TPSA) is 50.2 Å². The molecule has 0 saturated heterocycles. The minimum atomic E-state index is -0.125. The average Bonchev–Trinajstić information content (AvgIpc) is 2.77. The molecule has 2 aromatic carbocycles. The van der Waals surface area contributed by atoms with Crippen LogP contribution in [0.3, 0.4) is 0 Å². The van der Waals surface area contributed by atoms with Crippen LogP contribution in [0.15, 0.2) is 54.4 Å². The molecule has 1 saturated carbocycles. The summed E-state index contributed by atoms with van der Waals surface area (Å²) in [4.78, 5) is 14.7. The van der Waals surface area contributed by atoms with Gasteiger partial charge >= 0.3 is 0 Å². The number of rotatable bonds is 4. The zero-order valence-corrected chi connectivity index (χ0v) is 23.3. The van der Waals surface area contributed by atoms with Gasteiger partial charge in [-0.15, -0.1) is 34.9 Å². The molecule has 1 fully saturated rings. The Kier molecular flexibility index (Phi) is 10.7. The number of hydrogen-bond acceptors (Lipinski definition) is 3. The van der Waals surface area contributed by atoms with Gasteiger partial charge in [0, 0.05) is 32.4 Å². The molecule has 1 aliphatic carbocycles. The third kappa shape index (κ3) is 7.61. The Hall–Kier alpha value is -2.29. The molecule has 34 heavy (non-hydrogen) atoms. The third-order valence-electron chi connectivity index (χ3n) is 6.49. The predicted molar refractivity (Wildman–Crippen MR) is 138 cm³/mol. The molecule has 1 unspecified atom stereocenters. The summed E-state index contributed by atoms with van der Waals surface area (Å²) in [6, 6.07) is 17.0. The van der Waals surface area contributed by atoms with Gasteiger partial charge in [-0.1, -0.05) is 58.2 Å². The summed E-state index contributed by atoms with van der Waals surface area (Å²) in [6.07, 6.45) is 10.1. The zero-order chi connectivity index (χ0) is 24.0. The van der Waals surface area contributed by atoms with E-state index in [4.69, 9.17) is 10.1 Å². The summed E-state index contributed by atoms with van der Waals surface area (Å²) in [5.74, 6) is 1.42. The molecule has 4 heteroatoms. The Labute approximate surface area is 218 Å². The van der Waals surface area contributed by atoms with Gasteiger partial charge in [-0.25, -0.2) is 0 Å². The van der Waals surface area contributed by atoms with Gasteiger partial charge < -0.3 is 10.1 Å². The summed E-state index contributed by atoms with van der Waals surface area (Å²) < 4.78 is 0. The number of hydrogen-bond donors (Lipinski definition) is 1. The first kappa shape index (κ1) is 28.0. The molecular weight excluding hydrogens is 599 g/mol. The fourth-order valence-electron chi connectivity index (χ4n) is 4.92. The minimum Gasteiger partial charge on any atom is -0.512 e. The number of fused-ring (bicyclic) bond motifs is 1. The van der Waals surface area contributed by atoms with E-state index in [1.807, 2.05) is 6.20 Å². The van der Waals surface area contributed by atoms with Gasteiger partial charge in [0.05, 0.1) is 5.76 Å². The molecule has 3 nitrogen and oxygen atoms in total. The molecule has 1 radical (unpaired) electrons. The van der Waals surface area contributed by atoms with E-state index in [1.165, 1.54) is 79.5 Å². The second kappa shape index (κ2) is 13.0. The first-order valence-corrected chi connectivity index (χ1v) is 12.0. The number of aryl methyl sites for hydroxylation is 2. The molecule has 183 valence electrons. The summed E-state index contributed by atoms with van der Waals surface area (Å²) in [5.41, 5.74) is 6.05. The fourth-order valence-corrected chi connectivity index (χ4v) is 4.92. The molecular formula is C30H36IrNO2-. The second-order valence-corrected chi connectivity index (χ2v) is 9.48. The van der Waals surface area contributed by atoms with E-state index in [-0.39, 0.29) is 31.6 Å². The van der Waals surface area contributed by atoms with Crippen LogP contribution in [0.2, 0.25) is 0 Å². The first-order chi connectivity index (χ1) is 15.7. The van der Waals surface area contributed by atoms with E-state index in [2.05, 4.69) is 63.2 Å². The summed E-state index contributed by atoms with van der Waals surface area (Å²) in [7, 11) is 0. The number of carbonyl (C=O) groups is 1. The number of aliphatic hydroxyl groups excluding tert-OH is 1. The standard InChI is InChI=1S/C25H28N.C5H8O2.Ir/c1-17-13-18(2)15-23(14-17)25-24-10-9-21(16-22(24)11-12-26-25)19(3)20-7-5-4-6-8-20;1-4(6)3-5(2)7;/h9-14,16,19-20H,4-8H2,1-3H3;3,6H,1-2H3;/q-1;;. The maximum absolute atomic E-state index is 10.0. The van der Waals surface area contributed by atoms with Gasteiger partial charge in [0.15, 0.2) is 5.78 Å². The van der Waals surface area contributed by atoms with Crippen molar-refractivity contribution in [3.8, 4) is 11.3 Å². The van der Waals surface area contributed by atoms with Crippen LogP contribution in [0, 0.1) is 25.8 Å². The molecule has 1 aromatic heterocycles. The summed E-state index contributed by atoms with van der Waals surface area (Å²) in [6.45, 7) is 9.50. The van der Waals surface area contributed by atoms with Crippen molar-refractivity contribution in [2.24, 2.45) is 5.92 Å². The first-order valence-electron chi connectivity index (χ1n) is 12.0. The molecule has 1 heterocycles. The monoisotopic (exact) mass is 635 g/mol. The van der Waals surface area contributed by atoms with Crippen LogP contribution in [0.1, 0.15) is 75.5 Å². The van der Waals surface area contributed by atoms with Crippen molar-refractivity contribution in [3.05, 3.63) is 77.2 Å². The number of benzene rings is 2. The van der Waals surface area contributed by atoms with Crippen LogP contribution in [-0.2, 0) is 24.9 Å². The van der Waals surface area contributed by atoms with Crippen LogP contribution in [0.25, 0.3) is 22.0 Å². The number of carbonyl (C=O) groups excluding carboxylic acids is 1. The Morgan fingerprint density at radius 3 is 2.38 bits per heavy atom. The van der Waals surface area contributed by atoms with E-state index in [0.29, 0.717) is 5.92 Å². The van der Waals surface area contributed by atoms with Crippen LogP contribution in [-0.4, -0.2) is 15.9 Å². The molecule has 3 aromatic rings. The van der Waals surface area contributed by atoms with Crippen LogP contribution >= 0.6 is 0 Å². The zero-order valence-electron chi connectivity index (χ0n) is 20.9. The Morgan fingerprint density at radius 2 is 1.79 bits per heavy atom.